The molecule has 0 bridgehead atoms. The first-order valence-corrected chi connectivity index (χ1v) is 16.0. The van der Waals surface area contributed by atoms with Crippen molar-refractivity contribution in [3.8, 4) is 22.6 Å². The number of rotatable bonds is 13. The Hall–Kier alpha value is -4.45. The van der Waals surface area contributed by atoms with Gasteiger partial charge in [0, 0.05) is 87.6 Å². The summed E-state index contributed by atoms with van der Waals surface area (Å²) < 4.78 is 13.0. The molecule has 2 aromatic heterocycles. The number of hydrogen-bond acceptors (Lipinski definition) is 9. The molecule has 0 atom stereocenters. The number of aromatic nitrogens is 3. The molecule has 5 rings (SSSR count). The molecule has 12 nitrogen and oxygen atoms in total. The Kier molecular flexibility index (Phi) is 10.6. The molecule has 2 aliphatic heterocycles. The van der Waals surface area contributed by atoms with E-state index >= 15 is 0 Å². The Bertz CT molecular complexity index is 1630. The molecule has 2 saturated heterocycles. The van der Waals surface area contributed by atoms with Crippen molar-refractivity contribution >= 4 is 28.8 Å². The summed E-state index contributed by atoms with van der Waals surface area (Å²) in [5.74, 6) is 1.91. The van der Waals surface area contributed by atoms with Crippen molar-refractivity contribution in [1.82, 2.24) is 29.2 Å². The zero-order chi connectivity index (χ0) is 32.8. The highest BCUT2D eigenvalue weighted by atomic mass is 16.5. The third kappa shape index (κ3) is 7.01. The van der Waals surface area contributed by atoms with E-state index in [-0.39, 0.29) is 17.4 Å². The van der Waals surface area contributed by atoms with Gasteiger partial charge in [0.2, 0.25) is 17.8 Å². The molecule has 1 aromatic carbocycles. The van der Waals surface area contributed by atoms with E-state index in [1.54, 1.807) is 25.0 Å². The van der Waals surface area contributed by atoms with Crippen LogP contribution in [-0.2, 0) is 16.1 Å². The molecule has 1 N–H and O–H groups in total. The summed E-state index contributed by atoms with van der Waals surface area (Å²) in [6, 6.07) is 3.71. The van der Waals surface area contributed by atoms with Crippen LogP contribution in [0.1, 0.15) is 36.8 Å². The minimum absolute atomic E-state index is 0.0390. The molecule has 0 aliphatic carbocycles. The standard InChI is InChI=1S/C34H45N7O5/c1-6-29(42)40-18-16-38(17-19-40)12-9-15-41-32-25(22-36-34(37-32)35-11-8-14-39-13-7-10-30(39)43)20-26(33(41)44)31-23(2)27(45-4)21-28(46-5)24(31)3/h6,20-22H,1,7-19H2,2-5H3,(H,35,36,37). The maximum Gasteiger partial charge on any atom is 0.260 e. The Morgan fingerprint density at radius 3 is 2.33 bits per heavy atom. The maximum atomic E-state index is 14.4. The lowest BCUT2D eigenvalue weighted by Gasteiger charge is -2.34. The molecule has 0 saturated carbocycles. The van der Waals surface area contributed by atoms with Crippen molar-refractivity contribution < 1.29 is 19.1 Å². The number of nitrogens with one attached hydrogen (secondary N) is 1. The highest BCUT2D eigenvalue weighted by molar-refractivity contribution is 5.87. The molecule has 46 heavy (non-hydrogen) atoms. The van der Waals surface area contributed by atoms with Gasteiger partial charge in [-0.25, -0.2) is 4.98 Å². The van der Waals surface area contributed by atoms with Crippen molar-refractivity contribution in [3.05, 3.63) is 52.5 Å². The van der Waals surface area contributed by atoms with Crippen molar-refractivity contribution in [2.45, 2.75) is 46.1 Å². The average molecular weight is 632 g/mol. The van der Waals surface area contributed by atoms with Gasteiger partial charge in [0.25, 0.3) is 5.56 Å². The Balaban J connectivity index is 1.43. The second-order valence-electron chi connectivity index (χ2n) is 11.9. The van der Waals surface area contributed by atoms with E-state index < -0.39 is 0 Å². The summed E-state index contributed by atoms with van der Waals surface area (Å²) in [6.07, 6.45) is 6.18. The van der Waals surface area contributed by atoms with Gasteiger partial charge in [-0.05, 0) is 62.9 Å². The van der Waals surface area contributed by atoms with Crippen LogP contribution >= 0.6 is 0 Å². The number of nitrogens with zero attached hydrogens (tertiary/aromatic N) is 6. The molecule has 3 aromatic rings. The molecular weight excluding hydrogens is 586 g/mol. The van der Waals surface area contributed by atoms with Crippen molar-refractivity contribution in [2.24, 2.45) is 0 Å². The molecule has 246 valence electrons. The van der Waals surface area contributed by atoms with Crippen molar-refractivity contribution in [1.29, 1.82) is 0 Å². The van der Waals surface area contributed by atoms with Gasteiger partial charge in [-0.3, -0.25) is 23.9 Å². The van der Waals surface area contributed by atoms with Gasteiger partial charge in [0.1, 0.15) is 17.1 Å². The second-order valence-corrected chi connectivity index (χ2v) is 11.9. The number of aryl methyl sites for hydroxylation is 1. The predicted molar refractivity (Wildman–Crippen MR) is 179 cm³/mol. The summed E-state index contributed by atoms with van der Waals surface area (Å²) in [7, 11) is 3.22. The monoisotopic (exact) mass is 631 g/mol. The third-order valence-electron chi connectivity index (χ3n) is 9.06. The van der Waals surface area contributed by atoms with Crippen LogP contribution in [0, 0.1) is 13.8 Å². The van der Waals surface area contributed by atoms with Gasteiger partial charge >= 0.3 is 0 Å². The minimum Gasteiger partial charge on any atom is -0.496 e. The van der Waals surface area contributed by atoms with E-state index in [9.17, 15) is 14.4 Å². The zero-order valence-electron chi connectivity index (χ0n) is 27.4. The Labute approximate surface area is 270 Å². The molecule has 0 radical (unpaired) electrons. The minimum atomic E-state index is -0.146. The normalized spacial score (nSPS) is 15.4. The molecule has 2 fully saturated rings. The summed E-state index contributed by atoms with van der Waals surface area (Å²) in [4.78, 5) is 53.7. The van der Waals surface area contributed by atoms with Gasteiger partial charge in [-0.2, -0.15) is 4.98 Å². The SMILES string of the molecule is C=CC(=O)N1CCN(CCCn2c(=O)c(-c3c(C)c(OC)cc(OC)c3C)cc3cnc(NCCCN4CCCC4=O)nc32)CC1. The fourth-order valence-electron chi connectivity index (χ4n) is 6.51. The molecule has 0 spiro atoms. The van der Waals surface area contributed by atoms with Gasteiger partial charge in [-0.15, -0.1) is 0 Å². The smallest absolute Gasteiger partial charge is 0.260 e. The number of likely N-dealkylation sites (tertiary alicyclic amines) is 1. The van der Waals surface area contributed by atoms with E-state index in [0.717, 1.165) is 67.5 Å². The number of fused-ring (bicyclic) bond motifs is 1. The van der Waals surface area contributed by atoms with Crippen LogP contribution < -0.4 is 20.3 Å². The van der Waals surface area contributed by atoms with Crippen molar-refractivity contribution in [2.75, 3.05) is 71.9 Å². The molecule has 2 amide bonds. The summed E-state index contributed by atoms with van der Waals surface area (Å²) >= 11 is 0. The highest BCUT2D eigenvalue weighted by Crippen LogP contribution is 2.38. The van der Waals surface area contributed by atoms with Crippen LogP contribution in [0.15, 0.2) is 35.8 Å². The third-order valence-corrected chi connectivity index (χ3v) is 9.06. The number of hydrogen-bond donors (Lipinski definition) is 1. The first-order valence-electron chi connectivity index (χ1n) is 16.0. The van der Waals surface area contributed by atoms with Crippen LogP contribution in [-0.4, -0.2) is 108 Å². The maximum absolute atomic E-state index is 14.4. The Morgan fingerprint density at radius 1 is 0.978 bits per heavy atom. The van der Waals surface area contributed by atoms with Crippen LogP contribution in [0.3, 0.4) is 0 Å². The number of piperazine rings is 1. The molecule has 12 heteroatoms. The second kappa shape index (κ2) is 14.8. The molecule has 4 heterocycles. The van der Waals surface area contributed by atoms with E-state index in [2.05, 4.69) is 21.8 Å². The van der Waals surface area contributed by atoms with Crippen LogP contribution in [0.25, 0.3) is 22.2 Å². The number of ether oxygens (including phenoxy) is 2. The molecule has 0 unspecified atom stereocenters. The fraction of sp³-hybridized carbons (Fsp3) is 0.500. The predicted octanol–water partition coefficient (Wildman–Crippen LogP) is 3.24. The van der Waals surface area contributed by atoms with Gasteiger partial charge in [0.15, 0.2) is 0 Å². The number of carbonyl (C=O) groups is 2. The summed E-state index contributed by atoms with van der Waals surface area (Å²) in [6.45, 7) is 13.7. The molecule has 2 aliphatic rings. The van der Waals surface area contributed by atoms with Gasteiger partial charge in [-0.1, -0.05) is 6.58 Å². The number of methoxy groups -OCH3 is 2. The first-order chi connectivity index (χ1) is 22.2. The Morgan fingerprint density at radius 2 is 1.70 bits per heavy atom. The number of benzene rings is 1. The number of pyridine rings is 1. The van der Waals surface area contributed by atoms with Crippen LogP contribution in [0.5, 0.6) is 11.5 Å². The zero-order valence-corrected chi connectivity index (χ0v) is 27.4. The number of amides is 2. The average Bonchev–Trinajstić information content (AvgIpc) is 3.48. The van der Waals surface area contributed by atoms with Crippen molar-refractivity contribution in [3.63, 3.8) is 0 Å². The largest absolute Gasteiger partial charge is 0.496 e. The van der Waals surface area contributed by atoms with Crippen LogP contribution in [0.4, 0.5) is 5.95 Å². The van der Waals surface area contributed by atoms with Gasteiger partial charge < -0.3 is 24.6 Å². The van der Waals surface area contributed by atoms with Gasteiger partial charge in [0.05, 0.1) is 14.2 Å². The van der Waals surface area contributed by atoms with E-state index in [0.29, 0.717) is 67.8 Å². The van der Waals surface area contributed by atoms with Crippen LogP contribution in [0.2, 0.25) is 0 Å². The van der Waals surface area contributed by atoms with E-state index in [1.165, 1.54) is 6.08 Å². The quantitative estimate of drug-likeness (QED) is 0.224. The lowest BCUT2D eigenvalue weighted by Crippen LogP contribution is -2.48. The summed E-state index contributed by atoms with van der Waals surface area (Å²) in [5, 5.41) is 4.04. The number of carbonyl (C=O) groups excluding carboxylic acids is 2. The van der Waals surface area contributed by atoms with E-state index in [4.69, 9.17) is 14.5 Å². The highest BCUT2D eigenvalue weighted by Gasteiger charge is 2.23. The van der Waals surface area contributed by atoms with E-state index in [1.807, 2.05) is 35.8 Å². The first kappa shape index (κ1) is 32.9. The fourth-order valence-corrected chi connectivity index (χ4v) is 6.51. The topological polar surface area (TPSA) is 122 Å². The summed E-state index contributed by atoms with van der Waals surface area (Å²) in [5.41, 5.74) is 3.44. The lowest BCUT2D eigenvalue weighted by molar-refractivity contribution is -0.128. The number of anilines is 1. The molecular formula is C34H45N7O5. The lowest BCUT2D eigenvalue weighted by atomic mass is 9.94.